The highest BCUT2D eigenvalue weighted by atomic mass is 79.9. The third kappa shape index (κ3) is 4.22. The van der Waals surface area contributed by atoms with E-state index in [1.54, 1.807) is 12.1 Å². The summed E-state index contributed by atoms with van der Waals surface area (Å²) in [6.07, 6.45) is 0.620. The lowest BCUT2D eigenvalue weighted by Gasteiger charge is -2.06. The highest BCUT2D eigenvalue weighted by molar-refractivity contribution is 9.08. The summed E-state index contributed by atoms with van der Waals surface area (Å²) in [5, 5.41) is 0.773. The van der Waals surface area contributed by atoms with Crippen molar-refractivity contribution in [1.29, 1.82) is 0 Å². The van der Waals surface area contributed by atoms with Crippen LogP contribution in [0.15, 0.2) is 24.3 Å². The second kappa shape index (κ2) is 5.51. The van der Waals surface area contributed by atoms with Crippen LogP contribution in [0.1, 0.15) is 18.9 Å². The standard InChI is InChI=1S/C10H14BrNO2S/c1-2-7-15(13,14)12-10-5-3-9(8-11)4-6-10/h3-6,12H,2,7-8H2,1H3. The second-order valence-corrected chi connectivity index (χ2v) is 5.65. The number of rotatable bonds is 5. The SMILES string of the molecule is CCCS(=O)(=O)Nc1ccc(CBr)cc1. The number of alkyl halides is 1. The minimum atomic E-state index is -3.17. The molecule has 5 heteroatoms. The summed E-state index contributed by atoms with van der Waals surface area (Å²) < 4.78 is 25.4. The molecule has 1 aromatic carbocycles. The highest BCUT2D eigenvalue weighted by Crippen LogP contribution is 2.13. The van der Waals surface area contributed by atoms with E-state index >= 15 is 0 Å². The largest absolute Gasteiger partial charge is 0.284 e. The number of hydrogen-bond donors (Lipinski definition) is 1. The quantitative estimate of drug-likeness (QED) is 0.848. The van der Waals surface area contributed by atoms with E-state index < -0.39 is 10.0 Å². The zero-order valence-corrected chi connectivity index (χ0v) is 10.9. The molecule has 0 heterocycles. The van der Waals surface area contributed by atoms with Crippen molar-refractivity contribution < 1.29 is 8.42 Å². The van der Waals surface area contributed by atoms with Crippen LogP contribution in [0, 0.1) is 0 Å². The number of benzene rings is 1. The molecule has 3 nitrogen and oxygen atoms in total. The minimum Gasteiger partial charge on any atom is -0.284 e. The Balaban J connectivity index is 2.73. The van der Waals surface area contributed by atoms with E-state index in [-0.39, 0.29) is 5.75 Å². The molecule has 0 spiro atoms. The summed E-state index contributed by atoms with van der Waals surface area (Å²) in [7, 11) is -3.17. The average molecular weight is 292 g/mol. The van der Waals surface area contributed by atoms with E-state index in [1.165, 1.54) is 0 Å². The van der Waals surface area contributed by atoms with Gasteiger partial charge in [0.1, 0.15) is 0 Å². The lowest BCUT2D eigenvalue weighted by atomic mass is 10.2. The number of nitrogens with one attached hydrogen (secondary N) is 1. The monoisotopic (exact) mass is 291 g/mol. The molecule has 0 fully saturated rings. The molecule has 0 saturated heterocycles. The lowest BCUT2D eigenvalue weighted by Crippen LogP contribution is -2.15. The number of anilines is 1. The Kier molecular flexibility index (Phi) is 4.60. The summed E-state index contributed by atoms with van der Waals surface area (Å²) in [5.74, 6) is 0.160. The Morgan fingerprint density at radius 3 is 2.33 bits per heavy atom. The van der Waals surface area contributed by atoms with Gasteiger partial charge in [-0.1, -0.05) is 35.0 Å². The van der Waals surface area contributed by atoms with E-state index in [0.717, 1.165) is 10.9 Å². The Morgan fingerprint density at radius 1 is 1.27 bits per heavy atom. The third-order valence-corrected chi connectivity index (χ3v) is 3.99. The Labute approximate surface area is 99.1 Å². The van der Waals surface area contributed by atoms with Crippen LogP contribution in [0.2, 0.25) is 0 Å². The minimum absolute atomic E-state index is 0.160. The molecule has 0 saturated carbocycles. The van der Waals surface area contributed by atoms with Gasteiger partial charge in [-0.2, -0.15) is 0 Å². The Hall–Kier alpha value is -0.550. The molecule has 0 unspecified atom stereocenters. The first kappa shape index (κ1) is 12.5. The van der Waals surface area contributed by atoms with Crippen molar-refractivity contribution in [2.45, 2.75) is 18.7 Å². The zero-order chi connectivity index (χ0) is 11.3. The summed E-state index contributed by atoms with van der Waals surface area (Å²) in [6.45, 7) is 1.84. The molecule has 0 aliphatic carbocycles. The predicted octanol–water partition coefficient (Wildman–Crippen LogP) is 2.73. The fourth-order valence-electron chi connectivity index (χ4n) is 1.16. The van der Waals surface area contributed by atoms with E-state index in [2.05, 4.69) is 20.7 Å². The van der Waals surface area contributed by atoms with Crippen LogP contribution >= 0.6 is 15.9 Å². The number of sulfonamides is 1. The fraction of sp³-hybridized carbons (Fsp3) is 0.400. The van der Waals surface area contributed by atoms with Crippen LogP contribution < -0.4 is 4.72 Å². The van der Waals surface area contributed by atoms with Crippen molar-refractivity contribution in [2.75, 3.05) is 10.5 Å². The van der Waals surface area contributed by atoms with E-state index in [1.807, 2.05) is 19.1 Å². The molecule has 15 heavy (non-hydrogen) atoms. The maximum Gasteiger partial charge on any atom is 0.232 e. The first-order chi connectivity index (χ1) is 7.07. The summed E-state index contributed by atoms with van der Waals surface area (Å²) in [5.41, 5.74) is 1.74. The van der Waals surface area contributed by atoms with Gasteiger partial charge in [0.2, 0.25) is 10.0 Å². The maximum absolute atomic E-state index is 11.4. The Morgan fingerprint density at radius 2 is 1.87 bits per heavy atom. The second-order valence-electron chi connectivity index (χ2n) is 3.25. The maximum atomic E-state index is 11.4. The molecule has 1 N–H and O–H groups in total. The van der Waals surface area contributed by atoms with Gasteiger partial charge >= 0.3 is 0 Å². The smallest absolute Gasteiger partial charge is 0.232 e. The van der Waals surface area contributed by atoms with Gasteiger partial charge in [0, 0.05) is 11.0 Å². The van der Waals surface area contributed by atoms with Gasteiger partial charge in [0.15, 0.2) is 0 Å². The average Bonchev–Trinajstić information content (AvgIpc) is 2.18. The summed E-state index contributed by atoms with van der Waals surface area (Å²) >= 11 is 3.33. The summed E-state index contributed by atoms with van der Waals surface area (Å²) in [4.78, 5) is 0. The van der Waals surface area contributed by atoms with Gasteiger partial charge in [-0.15, -0.1) is 0 Å². The van der Waals surface area contributed by atoms with Crippen molar-refractivity contribution in [2.24, 2.45) is 0 Å². The van der Waals surface area contributed by atoms with Crippen LogP contribution in [0.25, 0.3) is 0 Å². The molecular formula is C10H14BrNO2S. The van der Waals surface area contributed by atoms with Gasteiger partial charge in [-0.25, -0.2) is 8.42 Å². The predicted molar refractivity (Wildman–Crippen MR) is 66.8 cm³/mol. The van der Waals surface area contributed by atoms with Crippen LogP contribution in [0.3, 0.4) is 0 Å². The van der Waals surface area contributed by atoms with Gasteiger partial charge < -0.3 is 0 Å². The first-order valence-corrected chi connectivity index (χ1v) is 7.50. The van der Waals surface area contributed by atoms with Crippen molar-refractivity contribution >= 4 is 31.6 Å². The topological polar surface area (TPSA) is 46.2 Å². The van der Waals surface area contributed by atoms with E-state index in [9.17, 15) is 8.42 Å². The number of halogens is 1. The van der Waals surface area contributed by atoms with Crippen LogP contribution in [0.4, 0.5) is 5.69 Å². The molecule has 0 amide bonds. The molecule has 0 atom stereocenters. The molecule has 1 rings (SSSR count). The molecule has 0 aliphatic rings. The van der Waals surface area contributed by atoms with Crippen molar-refractivity contribution in [3.63, 3.8) is 0 Å². The number of hydrogen-bond acceptors (Lipinski definition) is 2. The van der Waals surface area contributed by atoms with Crippen molar-refractivity contribution in [1.82, 2.24) is 0 Å². The zero-order valence-electron chi connectivity index (χ0n) is 8.53. The molecule has 0 radical (unpaired) electrons. The van der Waals surface area contributed by atoms with E-state index in [4.69, 9.17) is 0 Å². The normalized spacial score (nSPS) is 11.3. The Bertz CT molecular complexity index is 400. The molecule has 0 aromatic heterocycles. The molecule has 0 bridgehead atoms. The van der Waals surface area contributed by atoms with E-state index in [0.29, 0.717) is 12.1 Å². The van der Waals surface area contributed by atoms with Crippen molar-refractivity contribution in [3.8, 4) is 0 Å². The van der Waals surface area contributed by atoms with Gasteiger partial charge in [0.25, 0.3) is 0 Å². The lowest BCUT2D eigenvalue weighted by molar-refractivity contribution is 0.600. The van der Waals surface area contributed by atoms with Gasteiger partial charge in [0.05, 0.1) is 5.75 Å². The van der Waals surface area contributed by atoms with Gasteiger partial charge in [-0.05, 0) is 24.1 Å². The van der Waals surface area contributed by atoms with Crippen LogP contribution in [0.5, 0.6) is 0 Å². The molecule has 84 valence electrons. The molecule has 0 aliphatic heterocycles. The van der Waals surface area contributed by atoms with Crippen molar-refractivity contribution in [3.05, 3.63) is 29.8 Å². The summed E-state index contributed by atoms with van der Waals surface area (Å²) in [6, 6.07) is 7.31. The van der Waals surface area contributed by atoms with Crippen LogP contribution in [-0.4, -0.2) is 14.2 Å². The van der Waals surface area contributed by atoms with Crippen LogP contribution in [-0.2, 0) is 15.4 Å². The highest BCUT2D eigenvalue weighted by Gasteiger charge is 2.07. The van der Waals surface area contributed by atoms with Gasteiger partial charge in [-0.3, -0.25) is 4.72 Å². The fourth-order valence-corrected chi connectivity index (χ4v) is 2.67. The molecule has 1 aromatic rings. The third-order valence-electron chi connectivity index (χ3n) is 1.85. The molecular weight excluding hydrogens is 278 g/mol. The first-order valence-electron chi connectivity index (χ1n) is 4.73.